The molecule has 21 heavy (non-hydrogen) atoms. The van der Waals surface area contributed by atoms with Crippen LogP contribution >= 0.6 is 0 Å². The molecule has 1 amide bonds. The average molecular weight is 285 g/mol. The van der Waals surface area contributed by atoms with Crippen LogP contribution in [0, 0.1) is 0 Å². The minimum Gasteiger partial charge on any atom is -0.478 e. The van der Waals surface area contributed by atoms with Crippen LogP contribution in [0.2, 0.25) is 0 Å². The number of carbonyl (C=O) groups is 2. The molecule has 0 aliphatic carbocycles. The quantitative estimate of drug-likeness (QED) is 0.646. The number of hydrogen-bond donors (Lipinski definition) is 4. The first kappa shape index (κ1) is 14.4. The Bertz CT molecular complexity index is 681. The van der Waals surface area contributed by atoms with Gasteiger partial charge in [0.25, 0.3) is 0 Å². The minimum absolute atomic E-state index is 0.144. The number of benzene rings is 2. The number of carboxylic acids is 1. The van der Waals surface area contributed by atoms with E-state index in [2.05, 4.69) is 10.6 Å². The summed E-state index contributed by atoms with van der Waals surface area (Å²) >= 11 is 0. The van der Waals surface area contributed by atoms with Gasteiger partial charge in [0.1, 0.15) is 0 Å². The van der Waals surface area contributed by atoms with Crippen molar-refractivity contribution in [2.75, 3.05) is 16.4 Å². The Labute approximate surface area is 121 Å². The highest BCUT2D eigenvalue weighted by Crippen LogP contribution is 2.25. The molecule has 5 N–H and O–H groups in total. The molecule has 0 aliphatic heterocycles. The fourth-order valence-electron chi connectivity index (χ4n) is 1.79. The first-order valence-electron chi connectivity index (χ1n) is 6.23. The molecule has 0 aromatic heterocycles. The summed E-state index contributed by atoms with van der Waals surface area (Å²) in [6, 6.07) is 11.5. The van der Waals surface area contributed by atoms with E-state index in [1.54, 1.807) is 24.3 Å². The summed E-state index contributed by atoms with van der Waals surface area (Å²) in [5.41, 5.74) is 8.36. The molecule has 0 unspecified atom stereocenters. The summed E-state index contributed by atoms with van der Waals surface area (Å²) in [5.74, 6) is -1.16. The largest absolute Gasteiger partial charge is 0.478 e. The Hall–Kier alpha value is -3.02. The lowest BCUT2D eigenvalue weighted by atomic mass is 10.1. The number of nitrogens with one attached hydrogen (secondary N) is 2. The molecule has 0 saturated heterocycles. The first-order valence-corrected chi connectivity index (χ1v) is 6.23. The molecule has 0 atom stereocenters. The summed E-state index contributed by atoms with van der Waals surface area (Å²) in [5, 5.41) is 14.7. The van der Waals surface area contributed by atoms with Crippen molar-refractivity contribution in [3.63, 3.8) is 0 Å². The van der Waals surface area contributed by atoms with Gasteiger partial charge in [-0.25, -0.2) is 4.79 Å². The molecular weight excluding hydrogens is 270 g/mol. The van der Waals surface area contributed by atoms with E-state index >= 15 is 0 Å². The van der Waals surface area contributed by atoms with Gasteiger partial charge in [-0.05, 0) is 42.5 Å². The summed E-state index contributed by atoms with van der Waals surface area (Å²) < 4.78 is 0. The average Bonchev–Trinajstić information content (AvgIpc) is 2.42. The minimum atomic E-state index is -1.01. The second-order valence-electron chi connectivity index (χ2n) is 4.49. The van der Waals surface area contributed by atoms with E-state index < -0.39 is 5.97 Å². The summed E-state index contributed by atoms with van der Waals surface area (Å²) in [6.07, 6.45) is 0. The maximum atomic E-state index is 11.0. The fourth-order valence-corrected chi connectivity index (χ4v) is 1.79. The van der Waals surface area contributed by atoms with Gasteiger partial charge in [0, 0.05) is 18.3 Å². The third kappa shape index (κ3) is 3.73. The van der Waals surface area contributed by atoms with E-state index in [9.17, 15) is 9.59 Å². The molecule has 0 saturated carbocycles. The summed E-state index contributed by atoms with van der Waals surface area (Å²) in [7, 11) is 0. The summed E-state index contributed by atoms with van der Waals surface area (Å²) in [6.45, 7) is 1.43. The van der Waals surface area contributed by atoms with Crippen molar-refractivity contribution in [3.05, 3.63) is 48.0 Å². The third-order valence-corrected chi connectivity index (χ3v) is 2.78. The topological polar surface area (TPSA) is 104 Å². The normalized spacial score (nSPS) is 9.95. The zero-order chi connectivity index (χ0) is 15.4. The predicted octanol–water partition coefficient (Wildman–Crippen LogP) is 2.67. The van der Waals surface area contributed by atoms with Crippen molar-refractivity contribution in [1.29, 1.82) is 0 Å². The lowest BCUT2D eigenvalue weighted by Crippen LogP contribution is -2.05. The Balaban J connectivity index is 2.19. The second kappa shape index (κ2) is 5.96. The van der Waals surface area contributed by atoms with Gasteiger partial charge in [0.05, 0.1) is 16.9 Å². The number of nitrogens with two attached hydrogens (primary N) is 1. The van der Waals surface area contributed by atoms with Crippen molar-refractivity contribution in [2.24, 2.45) is 0 Å². The standard InChI is InChI=1S/C15H15N3O3/c1-9(19)17-11-3-5-12(6-4-11)18-14-8-10(15(20)21)2-7-13(14)16/h2-8,18H,16H2,1H3,(H,17,19)(H,20,21). The monoisotopic (exact) mass is 285 g/mol. The number of carbonyl (C=O) groups excluding carboxylic acids is 1. The van der Waals surface area contributed by atoms with E-state index in [-0.39, 0.29) is 11.5 Å². The molecular formula is C15H15N3O3. The van der Waals surface area contributed by atoms with Gasteiger partial charge in [-0.15, -0.1) is 0 Å². The summed E-state index contributed by atoms with van der Waals surface area (Å²) in [4.78, 5) is 21.9. The van der Waals surface area contributed by atoms with Crippen LogP contribution in [0.3, 0.4) is 0 Å². The molecule has 0 bridgehead atoms. The molecule has 108 valence electrons. The van der Waals surface area contributed by atoms with E-state index in [1.165, 1.54) is 25.1 Å². The van der Waals surface area contributed by atoms with Crippen LogP contribution in [0.25, 0.3) is 0 Å². The van der Waals surface area contributed by atoms with Gasteiger partial charge >= 0.3 is 5.97 Å². The number of amides is 1. The number of hydrogen-bond acceptors (Lipinski definition) is 4. The molecule has 6 heteroatoms. The third-order valence-electron chi connectivity index (χ3n) is 2.78. The van der Waals surface area contributed by atoms with Gasteiger partial charge in [0.2, 0.25) is 5.91 Å². The molecule has 2 aromatic carbocycles. The zero-order valence-electron chi connectivity index (χ0n) is 11.4. The molecule has 0 spiro atoms. The zero-order valence-corrected chi connectivity index (χ0v) is 11.4. The van der Waals surface area contributed by atoms with Crippen molar-refractivity contribution < 1.29 is 14.7 Å². The van der Waals surface area contributed by atoms with Crippen LogP contribution in [0.1, 0.15) is 17.3 Å². The van der Waals surface area contributed by atoms with E-state index in [4.69, 9.17) is 10.8 Å². The molecule has 0 heterocycles. The Kier molecular flexibility index (Phi) is 4.08. The van der Waals surface area contributed by atoms with Crippen molar-refractivity contribution in [2.45, 2.75) is 6.92 Å². The Morgan fingerprint density at radius 2 is 1.67 bits per heavy atom. The highest BCUT2D eigenvalue weighted by molar-refractivity contribution is 5.91. The van der Waals surface area contributed by atoms with Crippen molar-refractivity contribution in [3.8, 4) is 0 Å². The number of rotatable bonds is 4. The van der Waals surface area contributed by atoms with Crippen LogP contribution in [0.5, 0.6) is 0 Å². The lowest BCUT2D eigenvalue weighted by Gasteiger charge is -2.11. The number of nitrogen functional groups attached to an aromatic ring is 1. The Morgan fingerprint density at radius 3 is 2.24 bits per heavy atom. The maximum Gasteiger partial charge on any atom is 0.335 e. The first-order chi connectivity index (χ1) is 9.95. The maximum absolute atomic E-state index is 11.0. The van der Waals surface area contributed by atoms with Gasteiger partial charge in [-0.2, -0.15) is 0 Å². The van der Waals surface area contributed by atoms with Gasteiger partial charge in [0.15, 0.2) is 0 Å². The molecule has 2 aromatic rings. The van der Waals surface area contributed by atoms with E-state index in [0.29, 0.717) is 17.1 Å². The van der Waals surface area contributed by atoms with Gasteiger partial charge in [-0.1, -0.05) is 0 Å². The highest BCUT2D eigenvalue weighted by atomic mass is 16.4. The highest BCUT2D eigenvalue weighted by Gasteiger charge is 2.07. The number of anilines is 4. The van der Waals surface area contributed by atoms with Crippen molar-refractivity contribution in [1.82, 2.24) is 0 Å². The van der Waals surface area contributed by atoms with Crippen LogP contribution in [-0.2, 0) is 4.79 Å². The molecule has 2 rings (SSSR count). The van der Waals surface area contributed by atoms with Crippen LogP contribution in [0.15, 0.2) is 42.5 Å². The number of carboxylic acid groups (broad SMARTS) is 1. The molecule has 0 radical (unpaired) electrons. The van der Waals surface area contributed by atoms with E-state index in [1.807, 2.05) is 0 Å². The predicted molar refractivity (Wildman–Crippen MR) is 81.8 cm³/mol. The smallest absolute Gasteiger partial charge is 0.335 e. The second-order valence-corrected chi connectivity index (χ2v) is 4.49. The Morgan fingerprint density at radius 1 is 1.05 bits per heavy atom. The number of aromatic carboxylic acids is 1. The SMILES string of the molecule is CC(=O)Nc1ccc(Nc2cc(C(=O)O)ccc2N)cc1. The fraction of sp³-hybridized carbons (Fsp3) is 0.0667. The van der Waals surface area contributed by atoms with Gasteiger partial charge in [-0.3, -0.25) is 4.79 Å². The molecule has 6 nitrogen and oxygen atoms in total. The van der Waals surface area contributed by atoms with E-state index in [0.717, 1.165) is 5.69 Å². The molecule has 0 fully saturated rings. The van der Waals surface area contributed by atoms with Crippen LogP contribution in [-0.4, -0.2) is 17.0 Å². The lowest BCUT2D eigenvalue weighted by molar-refractivity contribution is -0.114. The van der Waals surface area contributed by atoms with Crippen LogP contribution < -0.4 is 16.4 Å². The van der Waals surface area contributed by atoms with Gasteiger partial charge < -0.3 is 21.5 Å². The van der Waals surface area contributed by atoms with Crippen molar-refractivity contribution >= 4 is 34.6 Å². The van der Waals surface area contributed by atoms with Crippen LogP contribution in [0.4, 0.5) is 22.7 Å². The molecule has 0 aliphatic rings.